The number of benzene rings is 2. The highest BCUT2D eigenvalue weighted by Crippen LogP contribution is 2.37. The van der Waals surface area contributed by atoms with E-state index in [2.05, 4.69) is 79.4 Å². The summed E-state index contributed by atoms with van der Waals surface area (Å²) in [6.07, 6.45) is 3.77. The third-order valence-electron chi connectivity index (χ3n) is 5.08. The molecule has 2 aromatic carbocycles. The second-order valence-corrected chi connectivity index (χ2v) is 6.63. The Balaban J connectivity index is 0.00000225. The first-order valence-corrected chi connectivity index (χ1v) is 8.53. The zero-order chi connectivity index (χ0) is 17.3. The van der Waals surface area contributed by atoms with Gasteiger partial charge in [-0.15, -0.1) is 37.2 Å². The van der Waals surface area contributed by atoms with Crippen LogP contribution in [0, 0.1) is 0 Å². The van der Waals surface area contributed by atoms with Crippen molar-refractivity contribution in [3.8, 4) is 11.1 Å². The van der Waals surface area contributed by atoms with Crippen LogP contribution in [0.15, 0.2) is 42.6 Å². The lowest BCUT2D eigenvalue weighted by atomic mass is 9.85. The predicted octanol–water partition coefficient (Wildman–Crippen LogP) is 5.54. The molecule has 0 fully saturated rings. The second kappa shape index (κ2) is 10.2. The van der Waals surface area contributed by atoms with E-state index in [4.69, 9.17) is 5.73 Å². The van der Waals surface area contributed by atoms with Gasteiger partial charge in [-0.2, -0.15) is 5.10 Å². The van der Waals surface area contributed by atoms with Gasteiger partial charge in [0.2, 0.25) is 0 Å². The van der Waals surface area contributed by atoms with Crippen molar-refractivity contribution in [2.24, 2.45) is 5.73 Å². The molecule has 0 atom stereocenters. The third kappa shape index (κ3) is 4.69. The van der Waals surface area contributed by atoms with E-state index in [0.717, 1.165) is 23.7 Å². The molecule has 0 unspecified atom stereocenters. The smallest absolute Gasteiger partial charge is 0.0671 e. The Bertz CT molecular complexity index is 840. The second-order valence-electron chi connectivity index (χ2n) is 6.63. The van der Waals surface area contributed by atoms with Crippen LogP contribution >= 0.6 is 37.2 Å². The van der Waals surface area contributed by atoms with Crippen molar-refractivity contribution in [3.05, 3.63) is 48.2 Å². The average molecular weight is 432 g/mol. The molecule has 0 bridgehead atoms. The van der Waals surface area contributed by atoms with Gasteiger partial charge in [-0.25, -0.2) is 0 Å². The summed E-state index contributed by atoms with van der Waals surface area (Å²) in [5.41, 5.74) is 12.1. The molecule has 3 N–H and O–H groups in total. The quantitative estimate of drug-likeness (QED) is 0.558. The molecule has 3 rings (SSSR count). The van der Waals surface area contributed by atoms with Gasteiger partial charge in [-0.05, 0) is 30.0 Å². The van der Waals surface area contributed by atoms with Gasteiger partial charge in [0.05, 0.1) is 17.4 Å². The first kappa shape index (κ1) is 25.5. The highest BCUT2D eigenvalue weighted by Gasteiger charge is 2.22. The van der Waals surface area contributed by atoms with Crippen molar-refractivity contribution in [1.29, 1.82) is 0 Å². The van der Waals surface area contributed by atoms with Gasteiger partial charge in [0.1, 0.15) is 0 Å². The monoisotopic (exact) mass is 430 g/mol. The molecule has 1 aromatic heterocycles. The number of hydrogen-bond donors (Lipinski definition) is 2. The number of fused-ring (bicyclic) bond motifs is 1. The Morgan fingerprint density at radius 2 is 1.56 bits per heavy atom. The van der Waals surface area contributed by atoms with Crippen LogP contribution in [0.5, 0.6) is 0 Å². The predicted molar refractivity (Wildman–Crippen MR) is 124 cm³/mol. The zero-order valence-electron chi connectivity index (χ0n) is 16.2. The van der Waals surface area contributed by atoms with Gasteiger partial charge in [-0.1, -0.05) is 44.2 Å². The maximum atomic E-state index is 6.52. The molecular formula is C20H29Cl3N4. The van der Waals surface area contributed by atoms with Crippen molar-refractivity contribution >= 4 is 53.8 Å². The number of aromatic amines is 1. The summed E-state index contributed by atoms with van der Waals surface area (Å²) in [5.74, 6) is 0. The van der Waals surface area contributed by atoms with E-state index >= 15 is 0 Å². The molecule has 27 heavy (non-hydrogen) atoms. The summed E-state index contributed by atoms with van der Waals surface area (Å²) < 4.78 is 0. The van der Waals surface area contributed by atoms with Crippen molar-refractivity contribution in [2.75, 3.05) is 19.0 Å². The number of nitrogens with zero attached hydrogens (tertiary/aromatic N) is 2. The van der Waals surface area contributed by atoms with Crippen LogP contribution in [0.4, 0.5) is 5.69 Å². The van der Waals surface area contributed by atoms with Gasteiger partial charge < -0.3 is 10.6 Å². The largest absolute Gasteiger partial charge is 0.377 e. The molecule has 7 heteroatoms. The lowest BCUT2D eigenvalue weighted by molar-refractivity contribution is 0.413. The highest BCUT2D eigenvalue weighted by atomic mass is 35.5. The van der Waals surface area contributed by atoms with Crippen LogP contribution in [-0.2, 0) is 5.54 Å². The number of rotatable bonds is 5. The van der Waals surface area contributed by atoms with E-state index in [1.165, 1.54) is 22.4 Å². The van der Waals surface area contributed by atoms with Crippen LogP contribution in [0.1, 0.15) is 32.3 Å². The molecule has 0 amide bonds. The van der Waals surface area contributed by atoms with Gasteiger partial charge in [0.25, 0.3) is 0 Å². The van der Waals surface area contributed by atoms with Crippen molar-refractivity contribution in [3.63, 3.8) is 0 Å². The molecule has 0 aliphatic carbocycles. The number of anilines is 1. The molecule has 0 spiro atoms. The highest BCUT2D eigenvalue weighted by molar-refractivity contribution is 6.00. The van der Waals surface area contributed by atoms with E-state index in [1.54, 1.807) is 0 Å². The molecule has 0 aliphatic heterocycles. The van der Waals surface area contributed by atoms with Gasteiger partial charge in [0, 0.05) is 30.6 Å². The molecule has 150 valence electrons. The molecule has 0 saturated heterocycles. The third-order valence-corrected chi connectivity index (χ3v) is 5.08. The van der Waals surface area contributed by atoms with Gasteiger partial charge in [0.15, 0.2) is 0 Å². The number of halogens is 3. The molecule has 0 aliphatic rings. The SMILES string of the molecule is CCC(N)(CC)c1ccc(-c2ccc3[nH]ncc3c2N(C)C)cc1.Cl.Cl.Cl. The molecule has 0 radical (unpaired) electrons. The molecule has 1 heterocycles. The van der Waals surface area contributed by atoms with Crippen molar-refractivity contribution < 1.29 is 0 Å². The fourth-order valence-electron chi connectivity index (χ4n) is 3.36. The van der Waals surface area contributed by atoms with E-state index in [1.807, 2.05) is 6.20 Å². The number of aromatic nitrogens is 2. The first-order chi connectivity index (χ1) is 11.5. The van der Waals surface area contributed by atoms with Crippen LogP contribution in [-0.4, -0.2) is 24.3 Å². The molecular weight excluding hydrogens is 403 g/mol. The number of nitrogens with two attached hydrogens (primary N) is 1. The summed E-state index contributed by atoms with van der Waals surface area (Å²) in [6.45, 7) is 4.29. The first-order valence-electron chi connectivity index (χ1n) is 8.53. The Labute approximate surface area is 180 Å². The summed E-state index contributed by atoms with van der Waals surface area (Å²) in [7, 11) is 4.14. The van der Waals surface area contributed by atoms with Crippen molar-refractivity contribution in [2.45, 2.75) is 32.2 Å². The van der Waals surface area contributed by atoms with E-state index in [0.29, 0.717) is 0 Å². The van der Waals surface area contributed by atoms with Crippen molar-refractivity contribution in [1.82, 2.24) is 10.2 Å². The summed E-state index contributed by atoms with van der Waals surface area (Å²) in [6, 6.07) is 12.9. The minimum absolute atomic E-state index is 0. The van der Waals surface area contributed by atoms with Crippen LogP contribution < -0.4 is 10.6 Å². The summed E-state index contributed by atoms with van der Waals surface area (Å²) >= 11 is 0. The zero-order valence-corrected chi connectivity index (χ0v) is 18.6. The summed E-state index contributed by atoms with van der Waals surface area (Å²) in [4.78, 5) is 2.15. The normalized spacial score (nSPS) is 10.6. The average Bonchev–Trinajstić information content (AvgIpc) is 3.08. The molecule has 3 aromatic rings. The Kier molecular flexibility index (Phi) is 9.63. The fraction of sp³-hybridized carbons (Fsp3) is 0.350. The number of nitrogens with one attached hydrogen (secondary N) is 1. The summed E-state index contributed by atoms with van der Waals surface area (Å²) in [5, 5.41) is 8.36. The fourth-order valence-corrected chi connectivity index (χ4v) is 3.36. The van der Waals surface area contributed by atoms with Crippen LogP contribution in [0.3, 0.4) is 0 Å². The molecule has 0 saturated carbocycles. The Morgan fingerprint density at radius 1 is 0.963 bits per heavy atom. The lowest BCUT2D eigenvalue weighted by Gasteiger charge is -2.27. The minimum Gasteiger partial charge on any atom is -0.377 e. The van der Waals surface area contributed by atoms with Crippen LogP contribution in [0.25, 0.3) is 22.0 Å². The maximum absolute atomic E-state index is 6.52. The van der Waals surface area contributed by atoms with Gasteiger partial charge >= 0.3 is 0 Å². The minimum atomic E-state index is -0.239. The van der Waals surface area contributed by atoms with Crippen LogP contribution in [0.2, 0.25) is 0 Å². The Hall–Kier alpha value is -1.46. The lowest BCUT2D eigenvalue weighted by Crippen LogP contribution is -2.34. The number of H-pyrrole nitrogens is 1. The van der Waals surface area contributed by atoms with E-state index in [-0.39, 0.29) is 42.8 Å². The van der Waals surface area contributed by atoms with Gasteiger partial charge in [-0.3, -0.25) is 5.10 Å². The van der Waals surface area contributed by atoms with E-state index < -0.39 is 0 Å². The number of hydrogen-bond acceptors (Lipinski definition) is 3. The van der Waals surface area contributed by atoms with E-state index in [9.17, 15) is 0 Å². The topological polar surface area (TPSA) is 57.9 Å². The molecule has 4 nitrogen and oxygen atoms in total. The Morgan fingerprint density at radius 3 is 2.07 bits per heavy atom. The maximum Gasteiger partial charge on any atom is 0.0671 e. The standard InChI is InChI=1S/C20H26N4.3ClH/c1-5-20(21,6-2)15-9-7-14(8-10-15)16-11-12-18-17(13-22-23-18)19(16)24(3)4;;;/h7-13H,5-6,21H2,1-4H3,(H,22,23);3*1H.